The molecule has 28 heavy (non-hydrogen) atoms. The predicted octanol–water partition coefficient (Wildman–Crippen LogP) is 1.71. The normalized spacial score (nSPS) is 15.5. The molecular weight excluding hydrogens is 398 g/mol. The Labute approximate surface area is 170 Å². The van der Waals surface area contributed by atoms with Gasteiger partial charge in [0, 0.05) is 44.4 Å². The summed E-state index contributed by atoms with van der Waals surface area (Å²) in [4.78, 5) is 12.6. The molecule has 1 aromatic heterocycles. The fraction of sp³-hybridized carbons (Fsp3) is 0.421. The van der Waals surface area contributed by atoms with E-state index in [0.29, 0.717) is 38.5 Å². The molecule has 1 fully saturated rings. The molecule has 2 heterocycles. The molecule has 0 saturated carbocycles. The number of morpholine rings is 1. The average molecular weight is 424 g/mol. The van der Waals surface area contributed by atoms with Crippen molar-refractivity contribution in [3.63, 3.8) is 0 Å². The number of nitrogens with zero attached hydrogens (tertiary/aromatic N) is 2. The van der Waals surface area contributed by atoms with Crippen LogP contribution in [-0.2, 0) is 27.6 Å². The summed E-state index contributed by atoms with van der Waals surface area (Å²) in [5, 5.41) is 2.86. The van der Waals surface area contributed by atoms with E-state index in [-0.39, 0.29) is 10.8 Å². The fourth-order valence-corrected chi connectivity index (χ4v) is 5.23. The Balaban J connectivity index is 1.53. The number of amides is 1. The molecule has 1 N–H and O–H groups in total. The second-order valence-corrected chi connectivity index (χ2v) is 9.53. The van der Waals surface area contributed by atoms with Gasteiger partial charge in [-0.2, -0.15) is 16.1 Å². The van der Waals surface area contributed by atoms with Crippen LogP contribution in [0.5, 0.6) is 0 Å². The molecule has 1 aliphatic rings. The standard InChI is InChI=1S/C19H25N3O4S2/c1-21-14-17(28(24,25)22-8-10-26-11-9-22)13-18(21)19(23)20-7-12-27-15-16-5-3-2-4-6-16/h2-6,13-14H,7-12,15H2,1H3,(H,20,23). The summed E-state index contributed by atoms with van der Waals surface area (Å²) >= 11 is 1.74. The topological polar surface area (TPSA) is 80.6 Å². The number of thioether (sulfide) groups is 1. The Morgan fingerprint density at radius 3 is 2.64 bits per heavy atom. The number of carbonyl (C=O) groups excluding carboxylic acids is 1. The van der Waals surface area contributed by atoms with Crippen molar-refractivity contribution in [3.8, 4) is 0 Å². The first-order valence-electron chi connectivity index (χ1n) is 9.12. The molecule has 0 spiro atoms. The zero-order chi connectivity index (χ0) is 20.0. The van der Waals surface area contributed by atoms with Crippen molar-refractivity contribution in [1.82, 2.24) is 14.2 Å². The molecule has 1 aromatic carbocycles. The summed E-state index contributed by atoms with van der Waals surface area (Å²) in [6, 6.07) is 11.6. The number of aryl methyl sites for hydroxylation is 1. The summed E-state index contributed by atoms with van der Waals surface area (Å²) in [5.74, 6) is 1.40. The fourth-order valence-electron chi connectivity index (χ4n) is 2.93. The van der Waals surface area contributed by atoms with E-state index in [0.717, 1.165) is 11.5 Å². The van der Waals surface area contributed by atoms with Gasteiger partial charge in [-0.3, -0.25) is 4.79 Å². The second kappa shape index (κ2) is 9.60. The van der Waals surface area contributed by atoms with Gasteiger partial charge in [0.05, 0.1) is 13.2 Å². The molecule has 0 radical (unpaired) electrons. The zero-order valence-electron chi connectivity index (χ0n) is 15.8. The molecule has 2 aromatic rings. The molecule has 1 amide bonds. The summed E-state index contributed by atoms with van der Waals surface area (Å²) in [5.41, 5.74) is 1.58. The smallest absolute Gasteiger partial charge is 0.267 e. The van der Waals surface area contributed by atoms with Crippen molar-refractivity contribution in [2.75, 3.05) is 38.6 Å². The van der Waals surface area contributed by atoms with E-state index < -0.39 is 10.0 Å². The lowest BCUT2D eigenvalue weighted by atomic mass is 10.2. The number of carbonyl (C=O) groups is 1. The van der Waals surface area contributed by atoms with E-state index in [9.17, 15) is 13.2 Å². The zero-order valence-corrected chi connectivity index (χ0v) is 17.5. The van der Waals surface area contributed by atoms with E-state index >= 15 is 0 Å². The highest BCUT2D eigenvalue weighted by Gasteiger charge is 2.28. The molecule has 1 aliphatic heterocycles. The molecule has 9 heteroatoms. The van der Waals surface area contributed by atoms with Crippen LogP contribution in [0.2, 0.25) is 0 Å². The highest BCUT2D eigenvalue weighted by atomic mass is 32.2. The Bertz CT molecular complexity index is 891. The largest absolute Gasteiger partial charge is 0.379 e. The van der Waals surface area contributed by atoms with Gasteiger partial charge in [0.25, 0.3) is 5.91 Å². The first kappa shape index (κ1) is 20.9. The van der Waals surface area contributed by atoms with Gasteiger partial charge >= 0.3 is 0 Å². The van der Waals surface area contributed by atoms with Crippen molar-refractivity contribution in [1.29, 1.82) is 0 Å². The number of sulfonamides is 1. The van der Waals surface area contributed by atoms with Crippen LogP contribution in [0.1, 0.15) is 16.1 Å². The number of aromatic nitrogens is 1. The Hall–Kier alpha value is -1.81. The molecule has 0 atom stereocenters. The van der Waals surface area contributed by atoms with Crippen LogP contribution < -0.4 is 5.32 Å². The highest BCUT2D eigenvalue weighted by molar-refractivity contribution is 7.98. The molecule has 0 bridgehead atoms. The van der Waals surface area contributed by atoms with E-state index in [4.69, 9.17) is 4.74 Å². The van der Waals surface area contributed by atoms with Gasteiger partial charge in [-0.15, -0.1) is 0 Å². The summed E-state index contributed by atoms with van der Waals surface area (Å²) < 4.78 is 33.6. The van der Waals surface area contributed by atoms with Crippen molar-refractivity contribution in [3.05, 3.63) is 53.9 Å². The van der Waals surface area contributed by atoms with E-state index in [1.807, 2.05) is 18.2 Å². The molecule has 0 aliphatic carbocycles. The maximum absolute atomic E-state index is 12.7. The second-order valence-electron chi connectivity index (χ2n) is 6.48. The van der Waals surface area contributed by atoms with Crippen LogP contribution in [0.25, 0.3) is 0 Å². The maximum atomic E-state index is 12.7. The summed E-state index contributed by atoms with van der Waals surface area (Å²) in [6.45, 7) is 1.96. The van der Waals surface area contributed by atoms with Crippen molar-refractivity contribution < 1.29 is 17.9 Å². The van der Waals surface area contributed by atoms with E-state index in [1.165, 1.54) is 22.1 Å². The van der Waals surface area contributed by atoms with Crippen LogP contribution in [0.4, 0.5) is 0 Å². The lowest BCUT2D eigenvalue weighted by Gasteiger charge is -2.25. The van der Waals surface area contributed by atoms with Gasteiger partial charge in [-0.05, 0) is 11.6 Å². The van der Waals surface area contributed by atoms with E-state index in [1.54, 1.807) is 23.4 Å². The quantitative estimate of drug-likeness (QED) is 0.654. The van der Waals surface area contributed by atoms with Crippen LogP contribution in [-0.4, -0.2) is 61.8 Å². The monoisotopic (exact) mass is 423 g/mol. The Morgan fingerprint density at radius 1 is 1.21 bits per heavy atom. The molecule has 3 rings (SSSR count). The summed E-state index contributed by atoms with van der Waals surface area (Å²) in [6.07, 6.45) is 1.49. The number of nitrogens with one attached hydrogen (secondary N) is 1. The minimum Gasteiger partial charge on any atom is -0.379 e. The van der Waals surface area contributed by atoms with Crippen molar-refractivity contribution >= 4 is 27.7 Å². The minimum absolute atomic E-state index is 0.139. The molecule has 152 valence electrons. The van der Waals surface area contributed by atoms with Gasteiger partial charge in [0.15, 0.2) is 0 Å². The minimum atomic E-state index is -3.61. The van der Waals surface area contributed by atoms with Crippen LogP contribution >= 0.6 is 11.8 Å². The number of benzene rings is 1. The van der Waals surface area contributed by atoms with Gasteiger partial charge in [-0.1, -0.05) is 30.3 Å². The number of hydrogen-bond acceptors (Lipinski definition) is 5. The lowest BCUT2D eigenvalue weighted by Crippen LogP contribution is -2.40. The molecular formula is C19H25N3O4S2. The van der Waals surface area contributed by atoms with Gasteiger partial charge in [0.2, 0.25) is 10.0 Å². The Morgan fingerprint density at radius 2 is 1.93 bits per heavy atom. The molecule has 7 nitrogen and oxygen atoms in total. The summed E-state index contributed by atoms with van der Waals surface area (Å²) in [7, 11) is -1.93. The van der Waals surface area contributed by atoms with E-state index in [2.05, 4.69) is 17.4 Å². The third kappa shape index (κ3) is 5.16. The maximum Gasteiger partial charge on any atom is 0.267 e. The van der Waals surface area contributed by atoms with Crippen molar-refractivity contribution in [2.45, 2.75) is 10.6 Å². The first-order valence-corrected chi connectivity index (χ1v) is 11.7. The SMILES string of the molecule is Cn1cc(S(=O)(=O)N2CCOCC2)cc1C(=O)NCCSCc1ccccc1. The third-order valence-corrected chi connectivity index (χ3v) is 7.36. The highest BCUT2D eigenvalue weighted by Crippen LogP contribution is 2.19. The molecule has 0 unspecified atom stereocenters. The first-order chi connectivity index (χ1) is 13.5. The Kier molecular flexibility index (Phi) is 7.17. The predicted molar refractivity (Wildman–Crippen MR) is 110 cm³/mol. The van der Waals surface area contributed by atoms with Gasteiger partial charge in [-0.25, -0.2) is 8.42 Å². The van der Waals surface area contributed by atoms with Crippen LogP contribution in [0.15, 0.2) is 47.5 Å². The van der Waals surface area contributed by atoms with Gasteiger partial charge in [0.1, 0.15) is 10.6 Å². The van der Waals surface area contributed by atoms with Crippen LogP contribution in [0, 0.1) is 0 Å². The number of ether oxygens (including phenoxy) is 1. The van der Waals surface area contributed by atoms with Gasteiger partial charge < -0.3 is 14.6 Å². The van der Waals surface area contributed by atoms with Crippen molar-refractivity contribution in [2.24, 2.45) is 7.05 Å². The number of rotatable bonds is 8. The average Bonchev–Trinajstić information content (AvgIpc) is 3.12. The lowest BCUT2D eigenvalue weighted by molar-refractivity contribution is 0.0730. The van der Waals surface area contributed by atoms with Crippen LogP contribution in [0.3, 0.4) is 0 Å². The molecule has 1 saturated heterocycles. The third-order valence-electron chi connectivity index (χ3n) is 4.46. The number of hydrogen-bond donors (Lipinski definition) is 1.